The lowest BCUT2D eigenvalue weighted by Crippen LogP contribution is -2.40. The highest BCUT2D eigenvalue weighted by atomic mass is 16.5. The van der Waals surface area contributed by atoms with E-state index < -0.39 is 0 Å². The molecule has 2 atom stereocenters. The Labute approximate surface area is 223 Å². The fourth-order valence-corrected chi connectivity index (χ4v) is 6.24. The van der Waals surface area contributed by atoms with Crippen molar-refractivity contribution in [3.05, 3.63) is 67.1 Å². The van der Waals surface area contributed by atoms with E-state index in [0.717, 1.165) is 72.4 Å². The van der Waals surface area contributed by atoms with Crippen LogP contribution in [0.25, 0.3) is 22.2 Å². The number of hydrogen-bond acceptors (Lipinski definition) is 7. The fraction of sp³-hybridized carbons (Fsp3) is 0.400. The molecule has 1 aliphatic heterocycles. The van der Waals surface area contributed by atoms with E-state index in [-0.39, 0.29) is 12.1 Å². The Hall–Kier alpha value is -3.46. The van der Waals surface area contributed by atoms with E-state index in [4.69, 9.17) is 10.5 Å². The molecule has 0 spiro atoms. The van der Waals surface area contributed by atoms with Gasteiger partial charge in [-0.25, -0.2) is 9.97 Å². The molecule has 38 heavy (non-hydrogen) atoms. The van der Waals surface area contributed by atoms with E-state index in [9.17, 15) is 5.11 Å². The van der Waals surface area contributed by atoms with E-state index in [1.54, 1.807) is 6.33 Å². The van der Waals surface area contributed by atoms with Crippen molar-refractivity contribution in [2.75, 3.05) is 32.9 Å². The van der Waals surface area contributed by atoms with Gasteiger partial charge in [-0.3, -0.25) is 4.90 Å². The van der Waals surface area contributed by atoms with Crippen molar-refractivity contribution < 1.29 is 9.84 Å². The summed E-state index contributed by atoms with van der Waals surface area (Å²) in [5.41, 5.74) is 9.40. The van der Waals surface area contributed by atoms with Crippen LogP contribution in [0.1, 0.15) is 31.7 Å². The highest BCUT2D eigenvalue weighted by Crippen LogP contribution is 2.40. The number of hydrogen-bond donors (Lipinski definition) is 2. The predicted molar refractivity (Wildman–Crippen MR) is 150 cm³/mol. The molecule has 3 N–H and O–H groups in total. The van der Waals surface area contributed by atoms with E-state index >= 15 is 0 Å². The maximum atomic E-state index is 10.5. The van der Waals surface area contributed by atoms with Crippen molar-refractivity contribution in [1.82, 2.24) is 24.3 Å². The summed E-state index contributed by atoms with van der Waals surface area (Å²) in [4.78, 5) is 13.6. The second-order valence-electron chi connectivity index (χ2n) is 10.9. The molecule has 1 saturated heterocycles. The van der Waals surface area contributed by atoms with E-state index in [2.05, 4.69) is 56.8 Å². The third-order valence-electron chi connectivity index (χ3n) is 8.31. The van der Waals surface area contributed by atoms with Crippen LogP contribution in [0.15, 0.2) is 67.1 Å². The highest BCUT2D eigenvalue weighted by Gasteiger charge is 2.38. The number of likely N-dealkylation sites (N-methyl/N-ethyl adjacent to an activating group) is 1. The van der Waals surface area contributed by atoms with Gasteiger partial charge in [0.05, 0.1) is 11.5 Å². The molecule has 6 rings (SSSR count). The minimum absolute atomic E-state index is 0.216. The summed E-state index contributed by atoms with van der Waals surface area (Å²) in [7, 11) is 4.11. The average molecular weight is 513 g/mol. The fourth-order valence-electron chi connectivity index (χ4n) is 6.24. The van der Waals surface area contributed by atoms with Gasteiger partial charge in [0.25, 0.3) is 0 Å². The lowest BCUT2D eigenvalue weighted by atomic mass is 9.90. The molecule has 8 nitrogen and oxygen atoms in total. The molecule has 0 unspecified atom stereocenters. The van der Waals surface area contributed by atoms with Gasteiger partial charge in [-0.05, 0) is 69.6 Å². The zero-order valence-electron chi connectivity index (χ0n) is 22.1. The van der Waals surface area contributed by atoms with Crippen LogP contribution < -0.4 is 10.5 Å². The number of rotatable bonds is 6. The first-order valence-corrected chi connectivity index (χ1v) is 13.5. The Morgan fingerprint density at radius 3 is 2.26 bits per heavy atom. The molecule has 0 amide bonds. The SMILES string of the molecule is CN(C)[C@H]1CN([C@H]2CC[C@H](n3cc(-c4ccc(Oc5ccccc5)cc4)c4c(N)ncnc43)CC2)C[C@H]1O. The number of benzene rings is 2. The normalized spacial score (nSPS) is 24.3. The largest absolute Gasteiger partial charge is 0.457 e. The molecule has 4 aromatic rings. The molecule has 1 saturated carbocycles. The van der Waals surface area contributed by atoms with Crippen LogP contribution in [0.4, 0.5) is 5.82 Å². The van der Waals surface area contributed by atoms with E-state index in [0.29, 0.717) is 17.9 Å². The topological polar surface area (TPSA) is 92.7 Å². The van der Waals surface area contributed by atoms with E-state index in [1.165, 1.54) is 0 Å². The highest BCUT2D eigenvalue weighted by molar-refractivity contribution is 6.00. The lowest BCUT2D eigenvalue weighted by molar-refractivity contribution is 0.108. The summed E-state index contributed by atoms with van der Waals surface area (Å²) in [5, 5.41) is 11.4. The number of aliphatic hydroxyl groups is 1. The van der Waals surface area contributed by atoms with Crippen molar-refractivity contribution in [1.29, 1.82) is 0 Å². The van der Waals surface area contributed by atoms with Crippen LogP contribution in [-0.4, -0.2) is 74.8 Å². The Morgan fingerprint density at radius 1 is 0.895 bits per heavy atom. The first-order chi connectivity index (χ1) is 18.5. The summed E-state index contributed by atoms with van der Waals surface area (Å²) in [6.07, 6.45) is 7.85. The first-order valence-electron chi connectivity index (χ1n) is 13.5. The van der Waals surface area contributed by atoms with Gasteiger partial charge in [0.2, 0.25) is 0 Å². The van der Waals surface area contributed by atoms with Crippen molar-refractivity contribution in [2.24, 2.45) is 0 Å². The minimum Gasteiger partial charge on any atom is -0.457 e. The van der Waals surface area contributed by atoms with Gasteiger partial charge in [-0.1, -0.05) is 30.3 Å². The molecule has 3 heterocycles. The molecule has 0 bridgehead atoms. The van der Waals surface area contributed by atoms with Crippen molar-refractivity contribution >= 4 is 16.9 Å². The Balaban J connectivity index is 1.22. The van der Waals surface area contributed by atoms with Crippen LogP contribution in [-0.2, 0) is 0 Å². The zero-order valence-corrected chi connectivity index (χ0v) is 22.1. The molecule has 1 aliphatic carbocycles. The Morgan fingerprint density at radius 2 is 1.58 bits per heavy atom. The number of aliphatic hydroxyl groups excluding tert-OH is 1. The van der Waals surface area contributed by atoms with Gasteiger partial charge in [-0.15, -0.1) is 0 Å². The average Bonchev–Trinajstić information content (AvgIpc) is 3.52. The molecule has 2 aromatic carbocycles. The number of nitrogen functional groups attached to an aromatic ring is 1. The number of ether oxygens (including phenoxy) is 1. The summed E-state index contributed by atoms with van der Waals surface area (Å²) < 4.78 is 8.30. The smallest absolute Gasteiger partial charge is 0.146 e. The standard InChI is InChI=1S/C30H36N6O2/c1-34(2)26-17-35(18-27(26)37)21-10-12-22(13-11-21)36-16-25(28-29(31)32-19-33-30(28)36)20-8-14-24(15-9-20)38-23-6-4-3-5-7-23/h3-9,14-16,19,21-22,26-27,37H,10-13,17-18H2,1-2H3,(H2,31,32,33)/t21-,22-,26-,27+/m0/s1. The monoisotopic (exact) mass is 512 g/mol. The second kappa shape index (κ2) is 10.4. The number of para-hydroxylation sites is 1. The van der Waals surface area contributed by atoms with Gasteiger partial charge >= 0.3 is 0 Å². The number of β-amino-alcohol motifs (C(OH)–C–C–N with tert-alkyl or cyclic N) is 1. The molecule has 8 heteroatoms. The summed E-state index contributed by atoms with van der Waals surface area (Å²) in [5.74, 6) is 2.10. The molecular formula is C30H36N6O2. The number of nitrogens with two attached hydrogens (primary N) is 1. The quantitative estimate of drug-likeness (QED) is 0.391. The van der Waals surface area contributed by atoms with Crippen LogP contribution in [0.2, 0.25) is 0 Å². The predicted octanol–water partition coefficient (Wildman–Crippen LogP) is 4.56. The summed E-state index contributed by atoms with van der Waals surface area (Å²) >= 11 is 0. The van der Waals surface area contributed by atoms with Crippen molar-refractivity contribution in [3.63, 3.8) is 0 Å². The molecule has 2 aromatic heterocycles. The number of fused-ring (bicyclic) bond motifs is 1. The third-order valence-corrected chi connectivity index (χ3v) is 8.31. The van der Waals surface area contributed by atoms with Crippen LogP contribution in [0.5, 0.6) is 11.5 Å². The minimum atomic E-state index is -0.275. The van der Waals surface area contributed by atoms with Gasteiger partial charge < -0.3 is 25.0 Å². The second-order valence-corrected chi connectivity index (χ2v) is 10.9. The lowest BCUT2D eigenvalue weighted by Gasteiger charge is -2.35. The Bertz CT molecular complexity index is 1380. The van der Waals surface area contributed by atoms with Gasteiger partial charge in [0.15, 0.2) is 0 Å². The molecule has 2 aliphatic rings. The van der Waals surface area contributed by atoms with Crippen LogP contribution >= 0.6 is 0 Å². The van der Waals surface area contributed by atoms with E-state index in [1.807, 2.05) is 42.5 Å². The van der Waals surface area contributed by atoms with Crippen LogP contribution in [0.3, 0.4) is 0 Å². The third kappa shape index (κ3) is 4.75. The van der Waals surface area contributed by atoms with Gasteiger partial charge in [0.1, 0.15) is 29.3 Å². The molecule has 0 radical (unpaired) electrons. The zero-order chi connectivity index (χ0) is 26.2. The van der Waals surface area contributed by atoms with Crippen molar-refractivity contribution in [3.8, 4) is 22.6 Å². The maximum absolute atomic E-state index is 10.5. The number of anilines is 1. The summed E-state index contributed by atoms with van der Waals surface area (Å²) in [6, 6.07) is 19.0. The Kier molecular flexibility index (Phi) is 6.78. The van der Waals surface area contributed by atoms with Gasteiger partial charge in [0, 0.05) is 43.0 Å². The maximum Gasteiger partial charge on any atom is 0.146 e. The van der Waals surface area contributed by atoms with Crippen LogP contribution in [0, 0.1) is 0 Å². The number of aromatic nitrogens is 3. The first kappa shape index (κ1) is 24.9. The summed E-state index contributed by atoms with van der Waals surface area (Å²) in [6.45, 7) is 1.70. The number of nitrogens with zero attached hydrogens (tertiary/aromatic N) is 5. The van der Waals surface area contributed by atoms with Gasteiger partial charge in [-0.2, -0.15) is 0 Å². The number of likely N-dealkylation sites (tertiary alicyclic amines) is 1. The molecule has 198 valence electrons. The van der Waals surface area contributed by atoms with Crippen molar-refractivity contribution in [2.45, 2.75) is 49.9 Å². The molecule has 2 fully saturated rings. The molecular weight excluding hydrogens is 476 g/mol.